The number of hydrogen-bond donors (Lipinski definition) is 1. The summed E-state index contributed by atoms with van der Waals surface area (Å²) in [6.45, 7) is 3.28. The first-order valence-corrected chi connectivity index (χ1v) is 8.12. The first-order valence-electron chi connectivity index (χ1n) is 8.12. The number of nitrogens with zero attached hydrogens (tertiary/aromatic N) is 2. The second-order valence-electron chi connectivity index (χ2n) is 6.51. The summed E-state index contributed by atoms with van der Waals surface area (Å²) < 4.78 is 0. The minimum Gasteiger partial charge on any atom is -0.314 e. The van der Waals surface area contributed by atoms with Crippen molar-refractivity contribution in [1.29, 1.82) is 0 Å². The van der Waals surface area contributed by atoms with E-state index in [0.29, 0.717) is 6.04 Å². The number of likely N-dealkylation sites (N-methyl/N-ethyl adjacent to an activating group) is 1. The smallest absolute Gasteiger partial charge is 0.0300 e. The molecule has 1 aromatic heterocycles. The van der Waals surface area contributed by atoms with Gasteiger partial charge in [0.25, 0.3) is 0 Å². The third-order valence-corrected chi connectivity index (χ3v) is 5.35. The summed E-state index contributed by atoms with van der Waals surface area (Å²) in [4.78, 5) is 6.89. The molecule has 1 N–H and O–H groups in total. The highest BCUT2D eigenvalue weighted by atomic mass is 15.2. The number of fused-ring (bicyclic) bond motifs is 2. The zero-order chi connectivity index (χ0) is 13.9. The molecule has 3 heterocycles. The van der Waals surface area contributed by atoms with Crippen LogP contribution in [-0.2, 0) is 6.42 Å². The number of hydrogen-bond acceptors (Lipinski definition) is 3. The van der Waals surface area contributed by atoms with Gasteiger partial charge in [-0.3, -0.25) is 4.98 Å². The van der Waals surface area contributed by atoms with Crippen molar-refractivity contribution in [2.45, 2.75) is 57.2 Å². The third-order valence-electron chi connectivity index (χ3n) is 5.35. The van der Waals surface area contributed by atoms with Gasteiger partial charge in [-0.25, -0.2) is 0 Å². The number of piperidine rings is 1. The summed E-state index contributed by atoms with van der Waals surface area (Å²) in [5, 5.41) is 3.74. The standard InChI is InChI=1S/C17H27N3/c1-3-19-17(9-13-5-4-8-18-12-13)14-10-15-6-7-16(11-14)20(15)2/h4-5,8,12,14-17,19H,3,6-7,9-11H2,1-2H3. The molecule has 2 aliphatic heterocycles. The fourth-order valence-electron chi connectivity index (χ4n) is 4.22. The van der Waals surface area contributed by atoms with E-state index in [9.17, 15) is 0 Å². The Kier molecular flexibility index (Phi) is 4.37. The van der Waals surface area contributed by atoms with E-state index in [-0.39, 0.29) is 0 Å². The molecule has 1 aromatic rings. The topological polar surface area (TPSA) is 28.2 Å². The molecular weight excluding hydrogens is 246 g/mol. The van der Waals surface area contributed by atoms with Crippen LogP contribution in [0.1, 0.15) is 38.2 Å². The number of rotatable bonds is 5. The minimum atomic E-state index is 0.612. The van der Waals surface area contributed by atoms with Crippen molar-refractivity contribution in [3.63, 3.8) is 0 Å². The molecule has 2 bridgehead atoms. The van der Waals surface area contributed by atoms with Crippen LogP contribution >= 0.6 is 0 Å². The summed E-state index contributed by atoms with van der Waals surface area (Å²) in [7, 11) is 2.32. The van der Waals surface area contributed by atoms with Crippen molar-refractivity contribution in [2.24, 2.45) is 5.92 Å². The van der Waals surface area contributed by atoms with Gasteiger partial charge >= 0.3 is 0 Å². The van der Waals surface area contributed by atoms with Crippen molar-refractivity contribution in [1.82, 2.24) is 15.2 Å². The lowest BCUT2D eigenvalue weighted by atomic mass is 9.82. The summed E-state index contributed by atoms with van der Waals surface area (Å²) in [6.07, 6.45) is 10.5. The van der Waals surface area contributed by atoms with E-state index in [1.807, 2.05) is 12.4 Å². The van der Waals surface area contributed by atoms with Gasteiger partial charge in [0.05, 0.1) is 0 Å². The molecule has 0 aromatic carbocycles. The van der Waals surface area contributed by atoms with Crippen LogP contribution in [0.3, 0.4) is 0 Å². The first kappa shape index (κ1) is 14.0. The zero-order valence-electron chi connectivity index (χ0n) is 12.8. The minimum absolute atomic E-state index is 0.612. The SMILES string of the molecule is CCNC(Cc1cccnc1)C1CC2CCC(C1)N2C. The average molecular weight is 273 g/mol. The average Bonchev–Trinajstić information content (AvgIpc) is 2.69. The Morgan fingerprint density at radius 1 is 1.35 bits per heavy atom. The Hall–Kier alpha value is -0.930. The maximum absolute atomic E-state index is 4.26. The van der Waals surface area contributed by atoms with Crippen LogP contribution < -0.4 is 5.32 Å². The van der Waals surface area contributed by atoms with E-state index in [2.05, 4.69) is 41.3 Å². The molecule has 0 aliphatic carbocycles. The maximum atomic E-state index is 4.26. The van der Waals surface area contributed by atoms with Gasteiger partial charge in [-0.05, 0) is 63.2 Å². The van der Waals surface area contributed by atoms with Crippen LogP contribution in [-0.4, -0.2) is 41.6 Å². The van der Waals surface area contributed by atoms with E-state index in [1.54, 1.807) is 0 Å². The molecule has 2 saturated heterocycles. The van der Waals surface area contributed by atoms with Crippen LogP contribution in [0, 0.1) is 5.92 Å². The molecule has 0 amide bonds. The Bertz CT molecular complexity index is 406. The zero-order valence-corrected chi connectivity index (χ0v) is 12.8. The largest absolute Gasteiger partial charge is 0.314 e. The molecule has 2 aliphatic rings. The lowest BCUT2D eigenvalue weighted by Gasteiger charge is -2.40. The Morgan fingerprint density at radius 3 is 2.70 bits per heavy atom. The van der Waals surface area contributed by atoms with Crippen molar-refractivity contribution >= 4 is 0 Å². The Morgan fingerprint density at radius 2 is 2.10 bits per heavy atom. The fourth-order valence-corrected chi connectivity index (χ4v) is 4.22. The van der Waals surface area contributed by atoms with Crippen molar-refractivity contribution in [3.05, 3.63) is 30.1 Å². The van der Waals surface area contributed by atoms with Crippen LogP contribution in [0.2, 0.25) is 0 Å². The number of nitrogens with one attached hydrogen (secondary N) is 1. The van der Waals surface area contributed by atoms with Gasteiger partial charge in [0.15, 0.2) is 0 Å². The lowest BCUT2D eigenvalue weighted by molar-refractivity contribution is 0.112. The van der Waals surface area contributed by atoms with Gasteiger partial charge in [-0.1, -0.05) is 13.0 Å². The molecule has 3 unspecified atom stereocenters. The van der Waals surface area contributed by atoms with Crippen LogP contribution in [0.5, 0.6) is 0 Å². The number of aromatic nitrogens is 1. The van der Waals surface area contributed by atoms with Crippen molar-refractivity contribution in [3.8, 4) is 0 Å². The summed E-state index contributed by atoms with van der Waals surface area (Å²) in [6, 6.07) is 6.53. The van der Waals surface area contributed by atoms with Crippen LogP contribution in [0.4, 0.5) is 0 Å². The lowest BCUT2D eigenvalue weighted by Crippen LogP contribution is -2.47. The predicted molar refractivity (Wildman–Crippen MR) is 82.7 cm³/mol. The summed E-state index contributed by atoms with van der Waals surface area (Å²) >= 11 is 0. The summed E-state index contributed by atoms with van der Waals surface area (Å²) in [5.74, 6) is 0.823. The van der Waals surface area contributed by atoms with E-state index in [0.717, 1.165) is 31.0 Å². The molecule has 0 spiro atoms. The van der Waals surface area contributed by atoms with Crippen LogP contribution in [0.25, 0.3) is 0 Å². The normalized spacial score (nSPS) is 31.4. The quantitative estimate of drug-likeness (QED) is 0.893. The van der Waals surface area contributed by atoms with Crippen molar-refractivity contribution < 1.29 is 0 Å². The Balaban J connectivity index is 1.68. The molecule has 0 saturated carbocycles. The highest BCUT2D eigenvalue weighted by Gasteiger charge is 2.40. The second kappa shape index (κ2) is 6.23. The molecule has 3 heteroatoms. The monoisotopic (exact) mass is 273 g/mol. The van der Waals surface area contributed by atoms with E-state index in [1.165, 1.54) is 31.2 Å². The van der Waals surface area contributed by atoms with Gasteiger partial charge in [-0.2, -0.15) is 0 Å². The molecule has 3 nitrogen and oxygen atoms in total. The second-order valence-corrected chi connectivity index (χ2v) is 6.51. The highest BCUT2D eigenvalue weighted by Crippen LogP contribution is 2.39. The molecule has 110 valence electrons. The number of pyridine rings is 1. The van der Waals surface area contributed by atoms with E-state index < -0.39 is 0 Å². The molecule has 3 atom stereocenters. The molecule has 20 heavy (non-hydrogen) atoms. The van der Waals surface area contributed by atoms with Gasteiger partial charge < -0.3 is 10.2 Å². The molecular formula is C17H27N3. The third kappa shape index (κ3) is 2.89. The van der Waals surface area contributed by atoms with Crippen LogP contribution in [0.15, 0.2) is 24.5 Å². The van der Waals surface area contributed by atoms with Gasteiger partial charge in [-0.15, -0.1) is 0 Å². The van der Waals surface area contributed by atoms with Gasteiger partial charge in [0, 0.05) is 30.5 Å². The van der Waals surface area contributed by atoms with Gasteiger partial charge in [0.1, 0.15) is 0 Å². The van der Waals surface area contributed by atoms with E-state index in [4.69, 9.17) is 0 Å². The fraction of sp³-hybridized carbons (Fsp3) is 0.706. The molecule has 0 radical (unpaired) electrons. The Labute approximate surface area is 122 Å². The van der Waals surface area contributed by atoms with Gasteiger partial charge in [0.2, 0.25) is 0 Å². The maximum Gasteiger partial charge on any atom is 0.0300 e. The van der Waals surface area contributed by atoms with E-state index >= 15 is 0 Å². The molecule has 2 fully saturated rings. The predicted octanol–water partition coefficient (Wildman–Crippen LogP) is 2.48. The highest BCUT2D eigenvalue weighted by molar-refractivity contribution is 5.11. The van der Waals surface area contributed by atoms with Crippen molar-refractivity contribution in [2.75, 3.05) is 13.6 Å². The molecule has 3 rings (SSSR count). The first-order chi connectivity index (χ1) is 9.78. The summed E-state index contributed by atoms with van der Waals surface area (Å²) in [5.41, 5.74) is 1.37.